The summed E-state index contributed by atoms with van der Waals surface area (Å²) in [5, 5.41) is 24.1. The Labute approximate surface area is 163 Å². The maximum atomic E-state index is 11.7. The second kappa shape index (κ2) is 5.24. The van der Waals surface area contributed by atoms with Gasteiger partial charge in [0.1, 0.15) is 6.33 Å². The molecule has 3 heterocycles. The largest absolute Gasteiger partial charge is 0.387 e. The highest BCUT2D eigenvalue weighted by Crippen LogP contribution is 2.60. The zero-order valence-corrected chi connectivity index (χ0v) is 16.5. The van der Waals surface area contributed by atoms with Gasteiger partial charge in [-0.1, -0.05) is 24.6 Å². The topological polar surface area (TPSA) is 62.5 Å². The quantitative estimate of drug-likeness (QED) is 0.653. The fourth-order valence-corrected chi connectivity index (χ4v) is 5.62. The lowest BCUT2D eigenvalue weighted by Gasteiger charge is -2.55. The van der Waals surface area contributed by atoms with Crippen LogP contribution in [-0.4, -0.2) is 30.8 Å². The normalized spacial score (nSPS) is 28.6. The van der Waals surface area contributed by atoms with Crippen molar-refractivity contribution in [1.29, 1.82) is 0 Å². The van der Waals surface area contributed by atoms with Crippen LogP contribution in [0.3, 0.4) is 0 Å². The van der Waals surface area contributed by atoms with Gasteiger partial charge in [-0.2, -0.15) is 0 Å². The summed E-state index contributed by atoms with van der Waals surface area (Å²) in [5.41, 5.74) is 3.19. The molecule has 5 nitrogen and oxygen atoms in total. The molecular formula is C21H23ClN4O. The smallest absolute Gasteiger partial charge is 0.161 e. The maximum absolute atomic E-state index is 11.7. The number of fused-ring (bicyclic) bond motifs is 4. The van der Waals surface area contributed by atoms with Crippen molar-refractivity contribution in [3.05, 3.63) is 47.2 Å². The van der Waals surface area contributed by atoms with E-state index in [-0.39, 0.29) is 5.41 Å². The third-order valence-corrected chi connectivity index (χ3v) is 7.21. The van der Waals surface area contributed by atoms with Gasteiger partial charge < -0.3 is 10.4 Å². The van der Waals surface area contributed by atoms with E-state index in [2.05, 4.69) is 42.4 Å². The van der Waals surface area contributed by atoms with Gasteiger partial charge in [-0.05, 0) is 62.9 Å². The minimum absolute atomic E-state index is 0.349. The molecule has 140 valence electrons. The molecule has 0 saturated heterocycles. The molecule has 2 aromatic heterocycles. The Hall–Kier alpha value is -2.11. The van der Waals surface area contributed by atoms with Crippen molar-refractivity contribution in [3.8, 4) is 11.3 Å². The number of rotatable bonds is 1. The highest BCUT2D eigenvalue weighted by atomic mass is 35.5. The predicted octanol–water partition coefficient (Wildman–Crippen LogP) is 4.43. The number of pyridine rings is 1. The van der Waals surface area contributed by atoms with E-state index in [0.717, 1.165) is 47.4 Å². The standard InChI is InChI=1S/C21H23ClN4O/c1-19(2)21(27)9-5-8-20(21,3)14-10-13(11-15(22)18(14)24-19)16-6-4-7-17-25-23-12-26(16)17/h4,6-7,10-12,24,27H,5,8-9H2,1-3H3. The van der Waals surface area contributed by atoms with Gasteiger partial charge in [0.05, 0.1) is 27.5 Å². The van der Waals surface area contributed by atoms with E-state index >= 15 is 0 Å². The summed E-state index contributed by atoms with van der Waals surface area (Å²) in [4.78, 5) is 0. The molecule has 1 aromatic carbocycles. The second-order valence-electron chi connectivity index (χ2n) is 8.65. The number of aliphatic hydroxyl groups is 1. The first-order chi connectivity index (χ1) is 12.8. The van der Waals surface area contributed by atoms with Gasteiger partial charge in [-0.3, -0.25) is 4.40 Å². The molecule has 3 aromatic rings. The summed E-state index contributed by atoms with van der Waals surface area (Å²) < 4.78 is 1.96. The van der Waals surface area contributed by atoms with Crippen LogP contribution in [0.1, 0.15) is 45.6 Å². The molecule has 0 amide bonds. The van der Waals surface area contributed by atoms with Gasteiger partial charge in [0.15, 0.2) is 5.65 Å². The molecule has 27 heavy (non-hydrogen) atoms. The summed E-state index contributed by atoms with van der Waals surface area (Å²) in [6.07, 6.45) is 4.44. The summed E-state index contributed by atoms with van der Waals surface area (Å²) in [7, 11) is 0. The fraction of sp³-hybridized carbons (Fsp3) is 0.429. The summed E-state index contributed by atoms with van der Waals surface area (Å²) in [5.74, 6) is 0. The molecule has 0 radical (unpaired) electrons. The van der Waals surface area contributed by atoms with Crippen LogP contribution in [0.25, 0.3) is 16.9 Å². The average Bonchev–Trinajstić information content (AvgIpc) is 3.22. The predicted molar refractivity (Wildman–Crippen MR) is 107 cm³/mol. The van der Waals surface area contributed by atoms with Crippen molar-refractivity contribution < 1.29 is 5.11 Å². The zero-order chi connectivity index (χ0) is 19.0. The van der Waals surface area contributed by atoms with E-state index in [1.165, 1.54) is 0 Å². The average molecular weight is 383 g/mol. The number of aromatic nitrogens is 3. The number of benzene rings is 1. The van der Waals surface area contributed by atoms with Crippen molar-refractivity contribution in [2.45, 2.75) is 56.6 Å². The molecule has 1 fully saturated rings. The van der Waals surface area contributed by atoms with Crippen LogP contribution in [-0.2, 0) is 5.41 Å². The molecule has 0 spiro atoms. The molecule has 2 unspecified atom stereocenters. The van der Waals surface area contributed by atoms with E-state index in [1.807, 2.05) is 28.7 Å². The summed E-state index contributed by atoms with van der Waals surface area (Å²) in [6.45, 7) is 6.32. The molecular weight excluding hydrogens is 360 g/mol. The summed E-state index contributed by atoms with van der Waals surface area (Å²) >= 11 is 6.76. The SMILES string of the molecule is CC1(C)Nc2c(Cl)cc(-c3cccc4nncn34)cc2C2(C)CCCC12O. The fourth-order valence-electron chi connectivity index (χ4n) is 5.36. The lowest BCUT2D eigenvalue weighted by molar-refractivity contribution is -0.0628. The molecule has 2 N–H and O–H groups in total. The number of hydrogen-bond donors (Lipinski definition) is 2. The van der Waals surface area contributed by atoms with Gasteiger partial charge in [0.25, 0.3) is 0 Å². The Morgan fingerprint density at radius 1 is 1.19 bits per heavy atom. The number of anilines is 1. The van der Waals surface area contributed by atoms with Crippen molar-refractivity contribution >= 4 is 22.9 Å². The number of halogens is 1. The first-order valence-electron chi connectivity index (χ1n) is 9.41. The minimum atomic E-state index is -0.822. The molecule has 2 aliphatic rings. The molecule has 1 aliphatic heterocycles. The van der Waals surface area contributed by atoms with Crippen LogP contribution < -0.4 is 5.32 Å². The van der Waals surface area contributed by atoms with Crippen molar-refractivity contribution in [3.63, 3.8) is 0 Å². The highest BCUT2D eigenvalue weighted by molar-refractivity contribution is 6.33. The van der Waals surface area contributed by atoms with E-state index in [4.69, 9.17) is 11.6 Å². The van der Waals surface area contributed by atoms with Crippen LogP contribution in [0.15, 0.2) is 36.7 Å². The van der Waals surface area contributed by atoms with Crippen LogP contribution in [0.4, 0.5) is 5.69 Å². The highest BCUT2D eigenvalue weighted by Gasteiger charge is 2.63. The van der Waals surface area contributed by atoms with E-state index in [1.54, 1.807) is 6.33 Å². The first kappa shape index (κ1) is 17.0. The first-order valence-corrected chi connectivity index (χ1v) is 9.78. The van der Waals surface area contributed by atoms with Crippen LogP contribution >= 0.6 is 11.6 Å². The zero-order valence-electron chi connectivity index (χ0n) is 15.8. The van der Waals surface area contributed by atoms with Crippen LogP contribution in [0.5, 0.6) is 0 Å². The molecule has 1 aliphatic carbocycles. The van der Waals surface area contributed by atoms with Crippen LogP contribution in [0, 0.1) is 0 Å². The minimum Gasteiger partial charge on any atom is -0.387 e. The van der Waals surface area contributed by atoms with Crippen molar-refractivity contribution in [1.82, 2.24) is 14.6 Å². The van der Waals surface area contributed by atoms with E-state index in [9.17, 15) is 5.11 Å². The van der Waals surface area contributed by atoms with Crippen molar-refractivity contribution in [2.75, 3.05) is 5.32 Å². The Balaban J connectivity index is 1.78. The molecule has 2 atom stereocenters. The van der Waals surface area contributed by atoms with Gasteiger partial charge in [-0.25, -0.2) is 0 Å². The molecule has 0 bridgehead atoms. The lowest BCUT2D eigenvalue weighted by Crippen LogP contribution is -2.65. The maximum Gasteiger partial charge on any atom is 0.161 e. The van der Waals surface area contributed by atoms with E-state index in [0.29, 0.717) is 5.02 Å². The Morgan fingerprint density at radius 2 is 2.00 bits per heavy atom. The third-order valence-electron chi connectivity index (χ3n) is 6.91. The van der Waals surface area contributed by atoms with Crippen molar-refractivity contribution in [2.24, 2.45) is 0 Å². The van der Waals surface area contributed by atoms with Crippen LogP contribution in [0.2, 0.25) is 5.02 Å². The number of nitrogens with one attached hydrogen (secondary N) is 1. The number of hydrogen-bond acceptors (Lipinski definition) is 4. The van der Waals surface area contributed by atoms with E-state index < -0.39 is 11.1 Å². The molecule has 6 heteroatoms. The van der Waals surface area contributed by atoms with Gasteiger partial charge in [0.2, 0.25) is 0 Å². The summed E-state index contributed by atoms with van der Waals surface area (Å²) in [6, 6.07) is 10.1. The molecule has 5 rings (SSSR count). The molecule has 1 saturated carbocycles. The Kier molecular flexibility index (Phi) is 3.30. The number of nitrogens with zero attached hydrogens (tertiary/aromatic N) is 3. The monoisotopic (exact) mass is 382 g/mol. The van der Waals surface area contributed by atoms with Gasteiger partial charge in [0, 0.05) is 11.0 Å². The van der Waals surface area contributed by atoms with Gasteiger partial charge >= 0.3 is 0 Å². The Morgan fingerprint density at radius 3 is 2.81 bits per heavy atom. The lowest BCUT2D eigenvalue weighted by atomic mass is 9.60. The second-order valence-corrected chi connectivity index (χ2v) is 9.05. The van der Waals surface area contributed by atoms with Gasteiger partial charge in [-0.15, -0.1) is 10.2 Å². The Bertz CT molecular complexity index is 1080. The third kappa shape index (κ3) is 2.04.